The Hall–Kier alpha value is -3.15. The summed E-state index contributed by atoms with van der Waals surface area (Å²) in [6.07, 6.45) is 12.2. The highest BCUT2D eigenvalue weighted by Crippen LogP contribution is 2.59. The lowest BCUT2D eigenvalue weighted by molar-refractivity contribution is 0.590. The molecular weight excluding hydrogens is 431 g/mol. The van der Waals surface area contributed by atoms with Crippen LogP contribution in [0.15, 0.2) is 131 Å². The zero-order chi connectivity index (χ0) is 23.4. The summed E-state index contributed by atoms with van der Waals surface area (Å²) in [5.74, 6) is 0. The minimum atomic E-state index is -3.07. The highest BCUT2D eigenvalue weighted by Gasteiger charge is 2.37. The summed E-state index contributed by atoms with van der Waals surface area (Å²) in [4.78, 5) is 0. The lowest BCUT2D eigenvalue weighted by Gasteiger charge is -2.25. The van der Waals surface area contributed by atoms with Gasteiger partial charge in [0.15, 0.2) is 7.14 Å². The monoisotopic (exact) mass is 462 g/mol. The first-order valence-corrected chi connectivity index (χ1v) is 14.1. The zero-order valence-electron chi connectivity index (χ0n) is 19.8. The van der Waals surface area contributed by atoms with Gasteiger partial charge in [0.2, 0.25) is 0 Å². The summed E-state index contributed by atoms with van der Waals surface area (Å²) in [7, 11) is -3.07. The molecule has 2 aliphatic carbocycles. The number of hydrogen-bond donors (Lipinski definition) is 0. The first-order chi connectivity index (χ1) is 16.7. The molecule has 0 bridgehead atoms. The number of hydrogen-bond acceptors (Lipinski definition) is 1. The third-order valence-corrected chi connectivity index (χ3v) is 9.94. The molecule has 0 atom stereocenters. The zero-order valence-corrected chi connectivity index (χ0v) is 20.7. The van der Waals surface area contributed by atoms with E-state index in [0.717, 1.165) is 47.2 Å². The second kappa shape index (κ2) is 10.00. The molecule has 0 N–H and O–H groups in total. The molecule has 3 aromatic rings. The van der Waals surface area contributed by atoms with Crippen LogP contribution in [0, 0.1) is 0 Å². The van der Waals surface area contributed by atoms with Crippen LogP contribution in [-0.2, 0) is 4.57 Å². The first-order valence-electron chi connectivity index (χ1n) is 12.4. The van der Waals surface area contributed by atoms with Crippen molar-refractivity contribution in [3.63, 3.8) is 0 Å². The molecule has 5 rings (SSSR count). The van der Waals surface area contributed by atoms with Crippen molar-refractivity contribution < 1.29 is 4.57 Å². The van der Waals surface area contributed by atoms with Crippen LogP contribution < -0.4 is 10.6 Å². The fourth-order valence-electron chi connectivity index (χ4n) is 5.13. The predicted octanol–water partition coefficient (Wildman–Crippen LogP) is 8.19. The molecule has 0 unspecified atom stereocenters. The number of unbranched alkanes of at least 4 members (excludes halogenated alkanes) is 1. The topological polar surface area (TPSA) is 17.1 Å². The van der Waals surface area contributed by atoms with E-state index in [1.54, 1.807) is 0 Å². The molecule has 170 valence electrons. The third-order valence-electron chi connectivity index (χ3n) is 6.79. The predicted molar refractivity (Wildman–Crippen MR) is 146 cm³/mol. The van der Waals surface area contributed by atoms with Crippen molar-refractivity contribution >= 4 is 23.8 Å². The molecule has 0 saturated carbocycles. The first kappa shape index (κ1) is 22.6. The molecule has 0 heterocycles. The summed E-state index contributed by atoms with van der Waals surface area (Å²) in [6, 6.07) is 30.7. The van der Waals surface area contributed by atoms with Crippen molar-refractivity contribution in [1.29, 1.82) is 0 Å². The van der Waals surface area contributed by atoms with Gasteiger partial charge in [0.05, 0.1) is 0 Å². The SMILES string of the molecule is CCC/C=C(\C1=CC2=C(CCC2)/C1=C\c1ccccc1)P(=O)(c1ccccc1)c1ccccc1. The van der Waals surface area contributed by atoms with E-state index in [4.69, 9.17) is 0 Å². The van der Waals surface area contributed by atoms with Gasteiger partial charge in [-0.1, -0.05) is 116 Å². The van der Waals surface area contributed by atoms with Crippen molar-refractivity contribution in [2.45, 2.75) is 39.0 Å². The summed E-state index contributed by atoms with van der Waals surface area (Å²) >= 11 is 0. The maximum atomic E-state index is 15.4. The van der Waals surface area contributed by atoms with Gasteiger partial charge in [-0.3, -0.25) is 0 Å². The summed E-state index contributed by atoms with van der Waals surface area (Å²) in [6.45, 7) is 2.19. The Kier molecular flexibility index (Phi) is 6.66. The van der Waals surface area contributed by atoms with E-state index in [9.17, 15) is 0 Å². The quantitative estimate of drug-likeness (QED) is 0.324. The molecule has 3 aromatic carbocycles. The van der Waals surface area contributed by atoms with Gasteiger partial charge >= 0.3 is 0 Å². The summed E-state index contributed by atoms with van der Waals surface area (Å²) < 4.78 is 15.4. The number of rotatable bonds is 7. The van der Waals surface area contributed by atoms with E-state index < -0.39 is 7.14 Å². The van der Waals surface area contributed by atoms with Crippen molar-refractivity contribution in [3.8, 4) is 0 Å². The van der Waals surface area contributed by atoms with E-state index in [-0.39, 0.29) is 0 Å². The molecular formula is C32H31OP. The molecule has 0 radical (unpaired) electrons. The lowest BCUT2D eigenvalue weighted by Crippen LogP contribution is -2.18. The van der Waals surface area contributed by atoms with Crippen molar-refractivity contribution in [1.82, 2.24) is 0 Å². The summed E-state index contributed by atoms with van der Waals surface area (Å²) in [5.41, 5.74) is 6.46. The number of allylic oxidation sites excluding steroid dienone is 7. The minimum absolute atomic E-state index is 0.899. The van der Waals surface area contributed by atoms with Gasteiger partial charge in [0, 0.05) is 15.9 Å². The van der Waals surface area contributed by atoms with E-state index in [1.807, 2.05) is 60.7 Å². The molecule has 0 aliphatic heterocycles. The maximum Gasteiger partial charge on any atom is 0.171 e. The molecule has 2 heteroatoms. The fraction of sp³-hybridized carbons (Fsp3) is 0.188. The molecule has 0 saturated heterocycles. The second-order valence-electron chi connectivity index (χ2n) is 9.04. The Morgan fingerprint density at radius 3 is 2.00 bits per heavy atom. The van der Waals surface area contributed by atoms with Crippen LogP contribution in [0.1, 0.15) is 44.6 Å². The minimum Gasteiger partial charge on any atom is -0.309 e. The van der Waals surface area contributed by atoms with E-state index >= 15 is 4.57 Å². The Bertz CT molecular complexity index is 1280. The molecule has 2 aliphatic rings. The van der Waals surface area contributed by atoms with Crippen molar-refractivity contribution in [2.24, 2.45) is 0 Å². The number of benzene rings is 3. The van der Waals surface area contributed by atoms with Gasteiger partial charge < -0.3 is 4.57 Å². The lowest BCUT2D eigenvalue weighted by atomic mass is 9.97. The van der Waals surface area contributed by atoms with Gasteiger partial charge in [0.1, 0.15) is 0 Å². The Morgan fingerprint density at radius 2 is 1.41 bits per heavy atom. The fourth-order valence-corrected chi connectivity index (χ4v) is 8.08. The van der Waals surface area contributed by atoms with Crippen LogP contribution >= 0.6 is 7.14 Å². The molecule has 0 amide bonds. The Labute approximate surface area is 203 Å². The van der Waals surface area contributed by atoms with E-state index in [1.165, 1.54) is 28.7 Å². The smallest absolute Gasteiger partial charge is 0.171 e. The van der Waals surface area contributed by atoms with Crippen LogP contribution in [0.25, 0.3) is 6.08 Å². The van der Waals surface area contributed by atoms with Crippen LogP contribution in [-0.4, -0.2) is 0 Å². The largest absolute Gasteiger partial charge is 0.309 e. The van der Waals surface area contributed by atoms with Gasteiger partial charge in [-0.15, -0.1) is 0 Å². The second-order valence-corrected chi connectivity index (χ2v) is 11.8. The Balaban J connectivity index is 1.73. The van der Waals surface area contributed by atoms with Gasteiger partial charge in [0.25, 0.3) is 0 Å². The van der Waals surface area contributed by atoms with Gasteiger partial charge in [-0.25, -0.2) is 0 Å². The van der Waals surface area contributed by atoms with Crippen LogP contribution in [0.4, 0.5) is 0 Å². The maximum absolute atomic E-state index is 15.4. The average Bonchev–Trinajstić information content (AvgIpc) is 3.48. The molecule has 1 nitrogen and oxygen atoms in total. The van der Waals surface area contributed by atoms with Crippen LogP contribution in [0.5, 0.6) is 0 Å². The van der Waals surface area contributed by atoms with E-state index in [2.05, 4.69) is 55.5 Å². The van der Waals surface area contributed by atoms with Crippen molar-refractivity contribution in [3.05, 3.63) is 136 Å². The van der Waals surface area contributed by atoms with Gasteiger partial charge in [-0.2, -0.15) is 0 Å². The standard InChI is InChI=1S/C32H31OP/c1-2-3-22-32(34(33,27-17-9-5-10-18-27)28-19-11-6-12-20-28)31-24-26-16-13-21-29(26)30(31)23-25-14-7-4-8-15-25/h4-12,14-15,17-20,22-24H,2-3,13,16,21H2,1H3/b30-23+,32-22+. The van der Waals surface area contributed by atoms with Gasteiger partial charge in [-0.05, 0) is 59.6 Å². The average molecular weight is 463 g/mol. The third kappa shape index (κ3) is 4.22. The van der Waals surface area contributed by atoms with Crippen molar-refractivity contribution in [2.75, 3.05) is 0 Å². The normalized spacial score (nSPS) is 17.3. The Morgan fingerprint density at radius 1 is 0.824 bits per heavy atom. The molecule has 0 fully saturated rings. The van der Waals surface area contributed by atoms with Crippen LogP contribution in [0.3, 0.4) is 0 Å². The molecule has 34 heavy (non-hydrogen) atoms. The molecule has 0 aromatic heterocycles. The highest BCUT2D eigenvalue weighted by molar-refractivity contribution is 7.82. The summed E-state index contributed by atoms with van der Waals surface area (Å²) in [5, 5.41) is 2.79. The molecule has 0 spiro atoms. The van der Waals surface area contributed by atoms with Crippen LogP contribution in [0.2, 0.25) is 0 Å². The highest BCUT2D eigenvalue weighted by atomic mass is 31.2. The van der Waals surface area contributed by atoms with E-state index in [0.29, 0.717) is 0 Å².